The van der Waals surface area contributed by atoms with Gasteiger partial charge in [-0.15, -0.1) is 10.2 Å². The van der Waals surface area contributed by atoms with Crippen molar-refractivity contribution in [2.75, 3.05) is 23.3 Å². The van der Waals surface area contributed by atoms with Crippen molar-refractivity contribution >= 4 is 39.8 Å². The lowest BCUT2D eigenvalue weighted by molar-refractivity contribution is -0.120. The second-order valence-electron chi connectivity index (χ2n) is 6.30. The van der Waals surface area contributed by atoms with E-state index in [2.05, 4.69) is 58.5 Å². The van der Waals surface area contributed by atoms with Gasteiger partial charge in [0, 0.05) is 29.9 Å². The van der Waals surface area contributed by atoms with Crippen LogP contribution in [0.2, 0.25) is 0 Å². The Hall–Kier alpha value is -1.60. The Morgan fingerprint density at radius 3 is 2.72 bits per heavy atom. The smallest absolute Gasteiger partial charge is 0.229 e. The van der Waals surface area contributed by atoms with E-state index in [1.165, 1.54) is 17.0 Å². The molecule has 1 saturated heterocycles. The van der Waals surface area contributed by atoms with Crippen LogP contribution in [0.4, 0.5) is 10.8 Å². The summed E-state index contributed by atoms with van der Waals surface area (Å²) >= 11 is 3.18. The number of para-hydroxylation sites is 1. The van der Waals surface area contributed by atoms with E-state index in [1.807, 2.05) is 6.07 Å². The monoisotopic (exact) mass is 376 g/mol. The minimum Gasteiger partial charge on any atom is -0.371 e. The summed E-state index contributed by atoms with van der Waals surface area (Å²) in [7, 11) is 0. The van der Waals surface area contributed by atoms with Crippen LogP contribution in [0, 0.1) is 5.92 Å². The van der Waals surface area contributed by atoms with Gasteiger partial charge in [0.05, 0.1) is 0 Å². The maximum Gasteiger partial charge on any atom is 0.229 e. The molecule has 1 N–H and O–H groups in total. The minimum absolute atomic E-state index is 0.0505. The molecule has 1 aromatic heterocycles. The average molecular weight is 377 g/mol. The number of amides is 1. The first-order chi connectivity index (χ1) is 12.2. The fourth-order valence-corrected chi connectivity index (χ4v) is 4.81. The van der Waals surface area contributed by atoms with Gasteiger partial charge >= 0.3 is 0 Å². The van der Waals surface area contributed by atoms with E-state index >= 15 is 0 Å². The molecule has 3 rings (SSSR count). The second kappa shape index (κ2) is 8.67. The number of nitrogens with zero attached hydrogens (tertiary/aromatic N) is 3. The molecule has 5 nitrogen and oxygen atoms in total. The van der Waals surface area contributed by atoms with Crippen molar-refractivity contribution in [2.45, 2.75) is 42.7 Å². The van der Waals surface area contributed by atoms with Gasteiger partial charge in [-0.3, -0.25) is 4.79 Å². The zero-order chi connectivity index (χ0) is 17.6. The summed E-state index contributed by atoms with van der Waals surface area (Å²) in [5.74, 6) is 0.124. The van der Waals surface area contributed by atoms with Crippen molar-refractivity contribution in [2.24, 2.45) is 5.92 Å². The van der Waals surface area contributed by atoms with Gasteiger partial charge in [0.15, 0.2) is 4.34 Å². The average Bonchev–Trinajstić information content (AvgIpc) is 3.09. The Bertz CT molecular complexity index is 683. The molecule has 0 radical (unpaired) electrons. The standard InChI is InChI=1S/C18H24N4OS2/c1-3-13(2)24-18-21-20-17(25-18)19-16(23)14-9-11-22(12-10-14)15-7-5-4-6-8-15/h4-8,13-14H,3,9-12H2,1-2H3,(H,19,20,23). The third kappa shape index (κ3) is 4.95. The topological polar surface area (TPSA) is 58.1 Å². The van der Waals surface area contributed by atoms with Crippen molar-refractivity contribution in [3.8, 4) is 0 Å². The molecule has 2 heterocycles. The third-order valence-electron chi connectivity index (χ3n) is 4.50. The third-order valence-corrected chi connectivity index (χ3v) is 6.69. The number of hydrogen-bond acceptors (Lipinski definition) is 6. The van der Waals surface area contributed by atoms with Crippen LogP contribution < -0.4 is 10.2 Å². The van der Waals surface area contributed by atoms with Gasteiger partial charge in [-0.1, -0.05) is 55.1 Å². The summed E-state index contributed by atoms with van der Waals surface area (Å²) in [6.45, 7) is 6.15. The zero-order valence-corrected chi connectivity index (χ0v) is 16.3. The predicted octanol–water partition coefficient (Wildman–Crippen LogP) is 4.28. The number of anilines is 2. The van der Waals surface area contributed by atoms with Gasteiger partial charge in [-0.2, -0.15) is 0 Å². The number of benzene rings is 1. The van der Waals surface area contributed by atoms with Crippen LogP contribution in [-0.2, 0) is 4.79 Å². The fourth-order valence-electron chi connectivity index (χ4n) is 2.81. The van der Waals surface area contributed by atoms with Gasteiger partial charge < -0.3 is 10.2 Å². The number of piperidine rings is 1. The Kier molecular flexibility index (Phi) is 6.31. The molecule has 1 aliphatic rings. The molecule has 2 aromatic rings. The molecule has 0 spiro atoms. The molecule has 1 aromatic carbocycles. The molecule has 0 bridgehead atoms. The first-order valence-electron chi connectivity index (χ1n) is 8.76. The summed E-state index contributed by atoms with van der Waals surface area (Å²) in [5, 5.41) is 12.3. The van der Waals surface area contributed by atoms with E-state index in [4.69, 9.17) is 0 Å². The largest absolute Gasteiger partial charge is 0.371 e. The molecule has 25 heavy (non-hydrogen) atoms. The molecule has 1 atom stereocenters. The lowest BCUT2D eigenvalue weighted by atomic mass is 9.95. The minimum atomic E-state index is 0.0505. The van der Waals surface area contributed by atoms with Crippen molar-refractivity contribution in [1.29, 1.82) is 0 Å². The number of carbonyl (C=O) groups is 1. The molecule has 1 aliphatic heterocycles. The van der Waals surface area contributed by atoms with Crippen LogP contribution in [0.1, 0.15) is 33.1 Å². The number of nitrogens with one attached hydrogen (secondary N) is 1. The SMILES string of the molecule is CCC(C)Sc1nnc(NC(=O)C2CCN(c3ccccc3)CC2)s1. The van der Waals surface area contributed by atoms with Crippen LogP contribution in [-0.4, -0.2) is 34.4 Å². The van der Waals surface area contributed by atoms with E-state index in [0.29, 0.717) is 10.4 Å². The highest BCUT2D eigenvalue weighted by Crippen LogP contribution is 2.30. The van der Waals surface area contributed by atoms with E-state index in [1.54, 1.807) is 11.8 Å². The molecule has 0 aliphatic carbocycles. The van der Waals surface area contributed by atoms with Gasteiger partial charge in [0.1, 0.15) is 0 Å². The normalized spacial score (nSPS) is 16.6. The Labute approximate surface area is 157 Å². The number of thioether (sulfide) groups is 1. The Balaban J connectivity index is 1.50. The predicted molar refractivity (Wildman–Crippen MR) is 106 cm³/mol. The van der Waals surface area contributed by atoms with E-state index in [0.717, 1.165) is 36.7 Å². The van der Waals surface area contributed by atoms with E-state index < -0.39 is 0 Å². The van der Waals surface area contributed by atoms with Crippen molar-refractivity contribution in [1.82, 2.24) is 10.2 Å². The molecular formula is C18H24N4OS2. The molecule has 1 unspecified atom stereocenters. The Morgan fingerprint density at radius 2 is 2.04 bits per heavy atom. The maximum absolute atomic E-state index is 12.5. The molecular weight excluding hydrogens is 352 g/mol. The molecule has 134 valence electrons. The van der Waals surface area contributed by atoms with E-state index in [9.17, 15) is 4.79 Å². The van der Waals surface area contributed by atoms with Crippen LogP contribution in [0.15, 0.2) is 34.7 Å². The molecule has 1 fully saturated rings. The lowest BCUT2D eigenvalue weighted by Gasteiger charge is -2.32. The van der Waals surface area contributed by atoms with Gasteiger partial charge in [0.2, 0.25) is 11.0 Å². The summed E-state index contributed by atoms with van der Waals surface area (Å²) in [6, 6.07) is 10.4. The molecule has 7 heteroatoms. The van der Waals surface area contributed by atoms with Crippen LogP contribution in [0.5, 0.6) is 0 Å². The highest BCUT2D eigenvalue weighted by molar-refractivity contribution is 8.01. The quantitative estimate of drug-likeness (QED) is 0.602. The van der Waals surface area contributed by atoms with Crippen molar-refractivity contribution in [3.63, 3.8) is 0 Å². The fraction of sp³-hybridized carbons (Fsp3) is 0.500. The maximum atomic E-state index is 12.5. The van der Waals surface area contributed by atoms with Gasteiger partial charge in [-0.05, 0) is 31.4 Å². The summed E-state index contributed by atoms with van der Waals surface area (Å²) < 4.78 is 0.920. The van der Waals surface area contributed by atoms with Crippen LogP contribution >= 0.6 is 23.1 Å². The number of rotatable bonds is 6. The van der Waals surface area contributed by atoms with Crippen molar-refractivity contribution in [3.05, 3.63) is 30.3 Å². The first kappa shape index (κ1) is 18.2. The number of aromatic nitrogens is 2. The van der Waals surface area contributed by atoms with Gasteiger partial charge in [0.25, 0.3) is 0 Å². The number of hydrogen-bond donors (Lipinski definition) is 1. The van der Waals surface area contributed by atoms with Crippen molar-refractivity contribution < 1.29 is 4.79 Å². The van der Waals surface area contributed by atoms with Crippen LogP contribution in [0.25, 0.3) is 0 Å². The molecule has 1 amide bonds. The summed E-state index contributed by atoms with van der Waals surface area (Å²) in [4.78, 5) is 14.8. The zero-order valence-electron chi connectivity index (χ0n) is 14.6. The summed E-state index contributed by atoms with van der Waals surface area (Å²) in [5.41, 5.74) is 1.23. The highest BCUT2D eigenvalue weighted by atomic mass is 32.2. The first-order valence-corrected chi connectivity index (χ1v) is 10.5. The highest BCUT2D eigenvalue weighted by Gasteiger charge is 2.26. The lowest BCUT2D eigenvalue weighted by Crippen LogP contribution is -2.38. The number of carbonyl (C=O) groups excluding carboxylic acids is 1. The summed E-state index contributed by atoms with van der Waals surface area (Å²) in [6.07, 6.45) is 2.83. The second-order valence-corrected chi connectivity index (χ2v) is 8.96. The van der Waals surface area contributed by atoms with Gasteiger partial charge in [-0.25, -0.2) is 0 Å². The van der Waals surface area contributed by atoms with Crippen LogP contribution in [0.3, 0.4) is 0 Å². The van der Waals surface area contributed by atoms with E-state index in [-0.39, 0.29) is 11.8 Å². The Morgan fingerprint density at radius 1 is 1.32 bits per heavy atom. The molecule has 0 saturated carbocycles.